The molecule has 3 atom stereocenters. The lowest BCUT2D eigenvalue weighted by Gasteiger charge is -2.44. The second-order valence-electron chi connectivity index (χ2n) is 10.6. The predicted molar refractivity (Wildman–Crippen MR) is 150 cm³/mol. The van der Waals surface area contributed by atoms with Crippen LogP contribution in [0.5, 0.6) is 0 Å². The van der Waals surface area contributed by atoms with Gasteiger partial charge in [0.25, 0.3) is 20.1 Å². The molecule has 1 fully saturated rings. The lowest BCUT2D eigenvalue weighted by Crippen LogP contribution is -2.51. The highest BCUT2D eigenvalue weighted by Gasteiger charge is 2.40. The quantitative estimate of drug-likeness (QED) is 0.304. The van der Waals surface area contributed by atoms with E-state index in [1.807, 2.05) is 20.9 Å². The summed E-state index contributed by atoms with van der Waals surface area (Å²) in [7, 11) is -10.2. The maximum absolute atomic E-state index is 13.1. The number of nitrogens with zero attached hydrogens (tertiary/aromatic N) is 3. The van der Waals surface area contributed by atoms with Crippen molar-refractivity contribution in [1.82, 2.24) is 14.1 Å². The van der Waals surface area contributed by atoms with Crippen molar-refractivity contribution in [1.29, 1.82) is 0 Å². The molecule has 5 rings (SSSR count). The van der Waals surface area contributed by atoms with Crippen molar-refractivity contribution < 1.29 is 38.5 Å². The Hall–Kier alpha value is -2.66. The average molecular weight is 628 g/mol. The zero-order chi connectivity index (χ0) is 30.2. The van der Waals surface area contributed by atoms with Gasteiger partial charge in [-0.25, -0.2) is 0 Å². The number of fused-ring (bicyclic) bond motifs is 2. The molecular weight excluding hydrogens is 594 g/mol. The van der Waals surface area contributed by atoms with E-state index in [1.165, 1.54) is 0 Å². The van der Waals surface area contributed by atoms with E-state index < -0.39 is 30.5 Å². The second kappa shape index (κ2) is 11.9. The molecule has 1 unspecified atom stereocenters. The Morgan fingerprint density at radius 1 is 0.878 bits per heavy atom. The van der Waals surface area contributed by atoms with Crippen molar-refractivity contribution in [2.45, 2.75) is 48.9 Å². The molecule has 12 nitrogen and oxygen atoms in total. The van der Waals surface area contributed by atoms with Gasteiger partial charge in [-0.05, 0) is 81.8 Å². The molecule has 2 N–H and O–H groups in total. The maximum Gasteiger partial charge on any atom is 0.394 e. The number of aromatic nitrogens is 2. The molecule has 0 radical (unpaired) electrons. The topological polar surface area (TPSA) is 173 Å². The van der Waals surface area contributed by atoms with Crippen molar-refractivity contribution in [2.75, 3.05) is 20.2 Å². The van der Waals surface area contributed by atoms with E-state index in [4.69, 9.17) is 21.7 Å². The van der Waals surface area contributed by atoms with Crippen molar-refractivity contribution in [3.63, 3.8) is 0 Å². The molecule has 15 heteroatoms. The van der Waals surface area contributed by atoms with Gasteiger partial charge in [0.15, 0.2) is 0 Å². The molecule has 2 aromatic carbocycles. The third kappa shape index (κ3) is 7.80. The molecule has 1 saturated heterocycles. The Morgan fingerprint density at radius 3 is 1.98 bits per heavy atom. The van der Waals surface area contributed by atoms with Gasteiger partial charge in [-0.15, -0.1) is 0 Å². The van der Waals surface area contributed by atoms with Crippen LogP contribution in [0.2, 0.25) is 0 Å². The number of aryl methyl sites for hydroxylation is 2. The summed E-state index contributed by atoms with van der Waals surface area (Å²) in [5.74, 6) is 0.300. The first kappa shape index (κ1) is 31.3. The molecule has 41 heavy (non-hydrogen) atoms. The van der Waals surface area contributed by atoms with Gasteiger partial charge in [0.1, 0.15) is 0 Å². The first-order valence-corrected chi connectivity index (χ1v) is 17.0. The van der Waals surface area contributed by atoms with E-state index in [0.29, 0.717) is 6.42 Å². The van der Waals surface area contributed by atoms with E-state index in [1.54, 1.807) is 54.7 Å². The van der Waals surface area contributed by atoms with E-state index in [9.17, 15) is 16.8 Å². The van der Waals surface area contributed by atoms with Gasteiger partial charge in [-0.1, -0.05) is 35.4 Å². The van der Waals surface area contributed by atoms with Crippen molar-refractivity contribution in [2.24, 2.45) is 11.8 Å². The molecule has 0 saturated carbocycles. The summed E-state index contributed by atoms with van der Waals surface area (Å²) in [4.78, 5) is 2.63. The highest BCUT2D eigenvalue weighted by Crippen LogP contribution is 2.37. The molecule has 1 aromatic heterocycles. The van der Waals surface area contributed by atoms with E-state index in [2.05, 4.69) is 10.00 Å². The second-order valence-corrected chi connectivity index (χ2v) is 14.9. The summed E-state index contributed by atoms with van der Waals surface area (Å²) in [6.45, 7) is 4.65. The maximum atomic E-state index is 13.1. The van der Waals surface area contributed by atoms with E-state index in [0.717, 1.165) is 45.9 Å². The molecule has 2 heterocycles. The van der Waals surface area contributed by atoms with Crippen LogP contribution in [0.15, 0.2) is 64.5 Å². The van der Waals surface area contributed by atoms with Crippen LogP contribution < -0.4 is 0 Å². The van der Waals surface area contributed by atoms with Gasteiger partial charge in [0.05, 0.1) is 22.1 Å². The van der Waals surface area contributed by atoms with Crippen LogP contribution in [0, 0.1) is 25.7 Å². The summed E-state index contributed by atoms with van der Waals surface area (Å²) in [6.07, 6.45) is 3.82. The van der Waals surface area contributed by atoms with Gasteiger partial charge in [-0.3, -0.25) is 13.3 Å². The van der Waals surface area contributed by atoms with Gasteiger partial charge < -0.3 is 4.90 Å². The van der Waals surface area contributed by atoms with Crippen molar-refractivity contribution in [3.05, 3.63) is 77.1 Å². The van der Waals surface area contributed by atoms with E-state index >= 15 is 0 Å². The lowest BCUT2D eigenvalue weighted by atomic mass is 9.75. The normalized spacial score (nSPS) is 21.3. The molecule has 2 aliphatic rings. The van der Waals surface area contributed by atoms with E-state index in [-0.39, 0.29) is 34.3 Å². The summed E-state index contributed by atoms with van der Waals surface area (Å²) >= 11 is 0. The molecule has 224 valence electrons. The Balaban J connectivity index is 0.000000714. The zero-order valence-electron chi connectivity index (χ0n) is 22.8. The van der Waals surface area contributed by atoms with Crippen LogP contribution in [0.3, 0.4) is 0 Å². The fraction of sp³-hybridized carbons (Fsp3) is 0.423. The third-order valence-corrected chi connectivity index (χ3v) is 10.2. The monoisotopic (exact) mass is 627 g/mol. The van der Waals surface area contributed by atoms with Crippen LogP contribution in [-0.2, 0) is 47.6 Å². The number of benzene rings is 2. The number of likely N-dealkylation sites (N-methyl/N-ethyl adjacent to an activating group) is 1. The largest absolute Gasteiger partial charge is 0.394 e. The Bertz CT molecular complexity index is 1690. The standard InChI is InChI=1S/C26H31N3O5S2.H2O4S/c1-18-4-8-23(9-5-18)35(30,31)29-16-22-14-26-21(13-25(22)27-29)12-20(15-28(26)3)17-34-36(32,33)24-10-6-19(2)7-11-24;1-5(2,3)4/h4-11,16,20-21,26H,12-15,17H2,1-3H3;(H2,1,2,3,4)/t20-,21-,26?;/m1./s1. The predicted octanol–water partition coefficient (Wildman–Crippen LogP) is 2.52. The minimum Gasteiger partial charge on any atom is -0.302 e. The summed E-state index contributed by atoms with van der Waals surface area (Å²) in [5.41, 5.74) is 3.73. The Morgan fingerprint density at radius 2 is 1.41 bits per heavy atom. The SMILES string of the molecule is Cc1ccc(S(=O)(=O)OC[C@@H]2C[C@@H]3Cc4nn(S(=O)(=O)c5ccc(C)cc5)cc4CC3N(C)C2)cc1.O=S(=O)(O)O. The smallest absolute Gasteiger partial charge is 0.302 e. The van der Waals surface area contributed by atoms with Crippen LogP contribution in [0.1, 0.15) is 28.8 Å². The summed E-state index contributed by atoms with van der Waals surface area (Å²) in [5, 5.41) is 4.48. The summed E-state index contributed by atoms with van der Waals surface area (Å²) in [6, 6.07) is 13.7. The van der Waals surface area contributed by atoms with Gasteiger partial charge >= 0.3 is 10.4 Å². The summed E-state index contributed by atoms with van der Waals surface area (Å²) < 4.78 is 89.7. The first-order valence-electron chi connectivity index (χ1n) is 12.8. The van der Waals surface area contributed by atoms with Crippen LogP contribution in [-0.4, -0.2) is 74.7 Å². The third-order valence-electron chi connectivity index (χ3n) is 7.37. The molecule has 0 spiro atoms. The molecule has 0 amide bonds. The van der Waals surface area contributed by atoms with Crippen LogP contribution in [0.25, 0.3) is 0 Å². The molecule has 0 bridgehead atoms. The molecule has 1 aliphatic carbocycles. The minimum absolute atomic E-state index is 0.0522. The average Bonchev–Trinajstić information content (AvgIpc) is 3.30. The Kier molecular flexibility index (Phi) is 9.09. The lowest BCUT2D eigenvalue weighted by molar-refractivity contribution is 0.0514. The fourth-order valence-electron chi connectivity index (χ4n) is 5.36. The zero-order valence-corrected chi connectivity index (χ0v) is 25.2. The highest BCUT2D eigenvalue weighted by molar-refractivity contribution is 7.89. The number of rotatable bonds is 6. The highest BCUT2D eigenvalue weighted by atomic mass is 32.3. The molecule has 3 aromatic rings. The molecular formula is C26H33N3O9S3. The van der Waals surface area contributed by atoms with Gasteiger partial charge in [-0.2, -0.15) is 34.4 Å². The Labute approximate surface area is 240 Å². The number of hydrogen-bond donors (Lipinski definition) is 2. The number of likely N-dealkylation sites (tertiary alicyclic amines) is 1. The first-order chi connectivity index (χ1) is 19.0. The minimum atomic E-state index is -4.67. The van der Waals surface area contributed by atoms with Crippen molar-refractivity contribution in [3.8, 4) is 0 Å². The molecule has 1 aliphatic heterocycles. The number of hydrogen-bond acceptors (Lipinski definition) is 9. The number of piperidine rings is 1. The van der Waals surface area contributed by atoms with Gasteiger partial charge in [0.2, 0.25) is 0 Å². The fourth-order valence-corrected chi connectivity index (χ4v) is 7.51. The van der Waals surface area contributed by atoms with Crippen molar-refractivity contribution >= 4 is 30.5 Å². The van der Waals surface area contributed by atoms with Gasteiger partial charge in [0, 0.05) is 18.8 Å². The van der Waals surface area contributed by atoms with Crippen LogP contribution in [0.4, 0.5) is 0 Å². The van der Waals surface area contributed by atoms with Crippen LogP contribution >= 0.6 is 0 Å².